The Balaban J connectivity index is 2.07. The molecule has 2 amide bonds. The molecule has 0 heterocycles. The molecule has 2 aromatic carbocycles. The van der Waals surface area contributed by atoms with Gasteiger partial charge in [0.1, 0.15) is 0 Å². The van der Waals surface area contributed by atoms with Gasteiger partial charge in [0.05, 0.1) is 5.69 Å². The Morgan fingerprint density at radius 3 is 2.68 bits per heavy atom. The molecule has 0 aliphatic carbocycles. The second kappa shape index (κ2) is 6.23. The van der Waals surface area contributed by atoms with E-state index in [1.165, 1.54) is 0 Å². The monoisotopic (exact) mass is 256 g/mol. The zero-order chi connectivity index (χ0) is 13.7. The maximum atomic E-state index is 11.9. The lowest BCUT2D eigenvalue weighted by atomic mass is 10.1. The van der Waals surface area contributed by atoms with Gasteiger partial charge in [-0.25, -0.2) is 4.79 Å². The minimum Gasteiger partial charge on any atom is -0.338 e. The van der Waals surface area contributed by atoms with Crippen LogP contribution in [0.1, 0.15) is 20.3 Å². The van der Waals surface area contributed by atoms with Crippen molar-refractivity contribution in [3.8, 4) is 0 Å². The van der Waals surface area contributed by atoms with Gasteiger partial charge in [-0.3, -0.25) is 0 Å². The van der Waals surface area contributed by atoms with E-state index in [2.05, 4.69) is 24.5 Å². The summed E-state index contributed by atoms with van der Waals surface area (Å²) in [6.45, 7) is 4.94. The molecule has 3 nitrogen and oxygen atoms in total. The van der Waals surface area contributed by atoms with Crippen LogP contribution in [-0.2, 0) is 0 Å². The maximum absolute atomic E-state index is 11.9. The molecule has 0 bridgehead atoms. The minimum absolute atomic E-state index is 0.142. The van der Waals surface area contributed by atoms with Crippen LogP contribution in [0.5, 0.6) is 0 Å². The van der Waals surface area contributed by atoms with Crippen LogP contribution in [0.15, 0.2) is 42.5 Å². The summed E-state index contributed by atoms with van der Waals surface area (Å²) in [5.74, 6) is 0.498. The van der Waals surface area contributed by atoms with E-state index in [9.17, 15) is 4.79 Å². The van der Waals surface area contributed by atoms with E-state index in [-0.39, 0.29) is 6.03 Å². The predicted molar refractivity (Wildman–Crippen MR) is 80.4 cm³/mol. The number of anilines is 1. The first-order valence-corrected chi connectivity index (χ1v) is 6.73. The molecule has 100 valence electrons. The van der Waals surface area contributed by atoms with Crippen molar-refractivity contribution in [3.05, 3.63) is 42.5 Å². The van der Waals surface area contributed by atoms with Crippen LogP contribution < -0.4 is 10.6 Å². The summed E-state index contributed by atoms with van der Waals surface area (Å²) >= 11 is 0. The third kappa shape index (κ3) is 3.47. The number of urea groups is 1. The molecule has 0 radical (unpaired) electrons. The highest BCUT2D eigenvalue weighted by molar-refractivity contribution is 6.01. The number of fused-ring (bicyclic) bond motifs is 1. The van der Waals surface area contributed by atoms with Gasteiger partial charge in [0, 0.05) is 11.9 Å². The molecule has 1 unspecified atom stereocenters. The van der Waals surface area contributed by atoms with Gasteiger partial charge in [0.15, 0.2) is 0 Å². The van der Waals surface area contributed by atoms with Gasteiger partial charge in [-0.15, -0.1) is 0 Å². The van der Waals surface area contributed by atoms with Crippen molar-refractivity contribution in [2.75, 3.05) is 11.9 Å². The SMILES string of the molecule is CCC(C)CNC(=O)Nc1cccc2ccccc12. The van der Waals surface area contributed by atoms with Crippen LogP contribution in [0.25, 0.3) is 10.8 Å². The number of hydrogen-bond donors (Lipinski definition) is 2. The Morgan fingerprint density at radius 2 is 1.89 bits per heavy atom. The van der Waals surface area contributed by atoms with E-state index in [0.29, 0.717) is 12.5 Å². The normalized spacial score (nSPS) is 12.1. The van der Waals surface area contributed by atoms with E-state index < -0.39 is 0 Å². The number of hydrogen-bond acceptors (Lipinski definition) is 1. The second-order valence-corrected chi connectivity index (χ2v) is 4.88. The first-order chi connectivity index (χ1) is 9.20. The highest BCUT2D eigenvalue weighted by Gasteiger charge is 2.06. The quantitative estimate of drug-likeness (QED) is 0.852. The van der Waals surface area contributed by atoms with Gasteiger partial charge in [0.25, 0.3) is 0 Å². The average Bonchev–Trinajstić information content (AvgIpc) is 2.45. The lowest BCUT2D eigenvalue weighted by Gasteiger charge is -2.12. The van der Waals surface area contributed by atoms with Gasteiger partial charge >= 0.3 is 6.03 Å². The second-order valence-electron chi connectivity index (χ2n) is 4.88. The van der Waals surface area contributed by atoms with Crippen molar-refractivity contribution in [1.29, 1.82) is 0 Å². The van der Waals surface area contributed by atoms with Crippen molar-refractivity contribution < 1.29 is 4.79 Å². The Labute approximate surface area is 114 Å². The third-order valence-corrected chi connectivity index (χ3v) is 3.35. The summed E-state index contributed by atoms with van der Waals surface area (Å²) in [6.07, 6.45) is 1.06. The van der Waals surface area contributed by atoms with E-state index in [1.54, 1.807) is 0 Å². The largest absolute Gasteiger partial charge is 0.338 e. The summed E-state index contributed by atoms with van der Waals surface area (Å²) < 4.78 is 0. The molecule has 2 N–H and O–H groups in total. The molecule has 2 aromatic rings. The summed E-state index contributed by atoms with van der Waals surface area (Å²) in [4.78, 5) is 11.9. The number of benzene rings is 2. The van der Waals surface area contributed by atoms with E-state index in [4.69, 9.17) is 0 Å². The number of nitrogens with one attached hydrogen (secondary N) is 2. The zero-order valence-electron chi connectivity index (χ0n) is 11.4. The van der Waals surface area contributed by atoms with Gasteiger partial charge in [-0.05, 0) is 17.4 Å². The number of carbonyl (C=O) groups is 1. The standard InChI is InChI=1S/C16H20N2O/c1-3-12(2)11-17-16(19)18-15-10-6-8-13-7-4-5-9-14(13)15/h4-10,12H,3,11H2,1-2H3,(H2,17,18,19). The Hall–Kier alpha value is -2.03. The number of carbonyl (C=O) groups excluding carboxylic acids is 1. The smallest absolute Gasteiger partial charge is 0.319 e. The predicted octanol–water partition coefficient (Wildman–Crippen LogP) is 4.01. The van der Waals surface area contributed by atoms with Crippen molar-refractivity contribution >= 4 is 22.5 Å². The fraction of sp³-hybridized carbons (Fsp3) is 0.312. The van der Waals surface area contributed by atoms with Crippen molar-refractivity contribution in [2.45, 2.75) is 20.3 Å². The van der Waals surface area contributed by atoms with Gasteiger partial charge < -0.3 is 10.6 Å². The Bertz CT molecular complexity index is 560. The molecule has 1 atom stereocenters. The molecule has 0 saturated carbocycles. The molecule has 0 saturated heterocycles. The van der Waals surface area contributed by atoms with Crippen LogP contribution in [0.4, 0.5) is 10.5 Å². The zero-order valence-corrected chi connectivity index (χ0v) is 11.4. The van der Waals surface area contributed by atoms with Gasteiger partial charge in [-0.2, -0.15) is 0 Å². The van der Waals surface area contributed by atoms with Crippen LogP contribution in [0.2, 0.25) is 0 Å². The molecule has 0 aliphatic rings. The Kier molecular flexibility index (Phi) is 4.39. The lowest BCUT2D eigenvalue weighted by molar-refractivity contribution is 0.250. The van der Waals surface area contributed by atoms with E-state index in [1.807, 2.05) is 42.5 Å². The van der Waals surface area contributed by atoms with Gasteiger partial charge in [-0.1, -0.05) is 56.7 Å². The number of rotatable bonds is 4. The maximum Gasteiger partial charge on any atom is 0.319 e. The van der Waals surface area contributed by atoms with Gasteiger partial charge in [0.2, 0.25) is 0 Å². The summed E-state index contributed by atoms with van der Waals surface area (Å²) in [7, 11) is 0. The molecule has 0 aromatic heterocycles. The lowest BCUT2D eigenvalue weighted by Crippen LogP contribution is -2.32. The average molecular weight is 256 g/mol. The van der Waals surface area contributed by atoms with E-state index in [0.717, 1.165) is 22.9 Å². The van der Waals surface area contributed by atoms with Crippen LogP contribution in [-0.4, -0.2) is 12.6 Å². The minimum atomic E-state index is -0.142. The first kappa shape index (κ1) is 13.4. The molecule has 0 fully saturated rings. The van der Waals surface area contributed by atoms with Crippen molar-refractivity contribution in [1.82, 2.24) is 5.32 Å². The molecule has 2 rings (SSSR count). The van der Waals surface area contributed by atoms with Crippen LogP contribution in [0, 0.1) is 5.92 Å². The number of amides is 2. The third-order valence-electron chi connectivity index (χ3n) is 3.35. The van der Waals surface area contributed by atoms with Crippen molar-refractivity contribution in [3.63, 3.8) is 0 Å². The molecule has 0 spiro atoms. The summed E-state index contributed by atoms with van der Waals surface area (Å²) in [6, 6.07) is 13.8. The molecule has 19 heavy (non-hydrogen) atoms. The highest BCUT2D eigenvalue weighted by Crippen LogP contribution is 2.22. The molecular weight excluding hydrogens is 236 g/mol. The molecule has 0 aliphatic heterocycles. The van der Waals surface area contributed by atoms with Crippen LogP contribution in [0.3, 0.4) is 0 Å². The fourth-order valence-electron chi connectivity index (χ4n) is 1.91. The topological polar surface area (TPSA) is 41.1 Å². The summed E-state index contributed by atoms with van der Waals surface area (Å²) in [5.41, 5.74) is 0.847. The van der Waals surface area contributed by atoms with E-state index >= 15 is 0 Å². The summed E-state index contributed by atoms with van der Waals surface area (Å²) in [5, 5.41) is 8.00. The van der Waals surface area contributed by atoms with Crippen LogP contribution >= 0.6 is 0 Å². The molecule has 3 heteroatoms. The molecular formula is C16H20N2O. The highest BCUT2D eigenvalue weighted by atomic mass is 16.2. The first-order valence-electron chi connectivity index (χ1n) is 6.73. The van der Waals surface area contributed by atoms with Crippen molar-refractivity contribution in [2.24, 2.45) is 5.92 Å². The Morgan fingerprint density at radius 1 is 1.16 bits per heavy atom. The fourth-order valence-corrected chi connectivity index (χ4v) is 1.91.